The highest BCUT2D eigenvalue weighted by Gasteiger charge is 2.40. The Bertz CT molecular complexity index is 747. The van der Waals surface area contributed by atoms with Gasteiger partial charge in [-0.25, -0.2) is 9.50 Å². The van der Waals surface area contributed by atoms with Crippen LogP contribution in [0.1, 0.15) is 32.1 Å². The first-order valence-electron chi connectivity index (χ1n) is 7.56. The first-order chi connectivity index (χ1) is 10.2. The van der Waals surface area contributed by atoms with E-state index < -0.39 is 0 Å². The lowest BCUT2D eigenvalue weighted by Crippen LogP contribution is -2.22. The minimum atomic E-state index is -0.222. The number of carbonyl (C=O) groups is 1. The van der Waals surface area contributed by atoms with Gasteiger partial charge in [0.1, 0.15) is 5.82 Å². The van der Waals surface area contributed by atoms with Crippen LogP contribution in [-0.2, 0) is 4.79 Å². The normalized spacial score (nSPS) is 27.3. The van der Waals surface area contributed by atoms with Crippen molar-refractivity contribution in [2.45, 2.75) is 32.1 Å². The van der Waals surface area contributed by atoms with E-state index in [4.69, 9.17) is 0 Å². The van der Waals surface area contributed by atoms with Crippen LogP contribution >= 0.6 is 0 Å². The molecule has 2 aliphatic carbocycles. The van der Waals surface area contributed by atoms with Gasteiger partial charge in [0.15, 0.2) is 5.65 Å². The number of nitrogens with one attached hydrogen (secondary N) is 2. The summed E-state index contributed by atoms with van der Waals surface area (Å²) >= 11 is 0. The molecule has 2 N–H and O–H groups in total. The Kier molecular flexibility index (Phi) is 2.83. The molecule has 0 saturated heterocycles. The van der Waals surface area contributed by atoms with Gasteiger partial charge >= 0.3 is 0 Å². The van der Waals surface area contributed by atoms with Crippen molar-refractivity contribution in [2.24, 2.45) is 17.8 Å². The summed E-state index contributed by atoms with van der Waals surface area (Å²) in [5.41, 5.74) is 0.290. The Morgan fingerprint density at radius 2 is 2.33 bits per heavy atom. The molecule has 6 nitrogen and oxygen atoms in total. The van der Waals surface area contributed by atoms with Crippen LogP contribution in [0.5, 0.6) is 0 Å². The number of aromatic nitrogens is 3. The van der Waals surface area contributed by atoms with E-state index in [0.29, 0.717) is 23.8 Å². The van der Waals surface area contributed by atoms with Gasteiger partial charge in [0.05, 0.1) is 0 Å². The molecule has 0 radical (unpaired) electrons. The molecule has 1 amide bonds. The van der Waals surface area contributed by atoms with E-state index in [0.717, 1.165) is 11.8 Å². The molecule has 2 aromatic heterocycles. The summed E-state index contributed by atoms with van der Waals surface area (Å²) in [7, 11) is 0. The van der Waals surface area contributed by atoms with Gasteiger partial charge in [0.2, 0.25) is 5.91 Å². The van der Waals surface area contributed by atoms with Crippen molar-refractivity contribution >= 4 is 17.4 Å². The average molecular weight is 286 g/mol. The number of amides is 1. The van der Waals surface area contributed by atoms with Crippen molar-refractivity contribution in [1.29, 1.82) is 0 Å². The maximum absolute atomic E-state index is 12.2. The smallest absolute Gasteiger partial charge is 0.274 e. The van der Waals surface area contributed by atoms with Gasteiger partial charge in [-0.2, -0.15) is 0 Å². The lowest BCUT2D eigenvalue weighted by atomic mass is 9.86. The lowest BCUT2D eigenvalue weighted by molar-refractivity contribution is -0.117. The molecule has 0 aliphatic heterocycles. The van der Waals surface area contributed by atoms with Crippen molar-refractivity contribution in [2.75, 3.05) is 5.32 Å². The molecule has 2 aliphatic rings. The fraction of sp³-hybridized carbons (Fsp3) is 0.533. The van der Waals surface area contributed by atoms with Gasteiger partial charge < -0.3 is 5.32 Å². The van der Waals surface area contributed by atoms with Crippen LogP contribution in [0.4, 0.5) is 5.82 Å². The summed E-state index contributed by atoms with van der Waals surface area (Å²) in [5.74, 6) is 2.39. The van der Waals surface area contributed by atoms with Gasteiger partial charge in [-0.05, 0) is 37.0 Å². The van der Waals surface area contributed by atoms with Crippen molar-refractivity contribution in [3.8, 4) is 0 Å². The molecule has 2 fully saturated rings. The van der Waals surface area contributed by atoms with E-state index in [9.17, 15) is 9.59 Å². The third-order valence-electron chi connectivity index (χ3n) is 4.98. The summed E-state index contributed by atoms with van der Waals surface area (Å²) in [6, 6.07) is 3.05. The summed E-state index contributed by atoms with van der Waals surface area (Å²) < 4.78 is 1.34. The SMILES string of the molecule is O=C(CC1CC2CCC1C2)Nc1cc(=O)n2[nH]ccc2n1. The molecule has 2 aromatic rings. The summed E-state index contributed by atoms with van der Waals surface area (Å²) in [4.78, 5) is 28.3. The van der Waals surface area contributed by atoms with Crippen LogP contribution in [-0.4, -0.2) is 20.5 Å². The van der Waals surface area contributed by atoms with Crippen LogP contribution in [0.15, 0.2) is 23.1 Å². The van der Waals surface area contributed by atoms with Crippen LogP contribution < -0.4 is 10.9 Å². The molecule has 2 saturated carbocycles. The van der Waals surface area contributed by atoms with Gasteiger partial charge in [0.25, 0.3) is 5.56 Å². The third kappa shape index (κ3) is 2.24. The Hall–Kier alpha value is -2.11. The lowest BCUT2D eigenvalue weighted by Gasteiger charge is -2.20. The molecule has 21 heavy (non-hydrogen) atoms. The van der Waals surface area contributed by atoms with E-state index >= 15 is 0 Å². The molecule has 0 spiro atoms. The van der Waals surface area contributed by atoms with E-state index in [2.05, 4.69) is 15.4 Å². The van der Waals surface area contributed by atoms with Crippen LogP contribution in [0.2, 0.25) is 0 Å². The molecule has 3 atom stereocenters. The number of H-pyrrole nitrogens is 1. The fourth-order valence-corrected chi connectivity index (χ4v) is 4.05. The molecule has 4 rings (SSSR count). The topological polar surface area (TPSA) is 79.3 Å². The third-order valence-corrected chi connectivity index (χ3v) is 4.98. The fourth-order valence-electron chi connectivity index (χ4n) is 4.05. The zero-order valence-corrected chi connectivity index (χ0v) is 11.7. The number of aromatic amines is 1. The second-order valence-electron chi connectivity index (χ2n) is 6.32. The Balaban J connectivity index is 1.47. The molecule has 6 heteroatoms. The predicted molar refractivity (Wildman–Crippen MR) is 78.0 cm³/mol. The minimum absolute atomic E-state index is 0.0284. The number of rotatable bonds is 3. The Morgan fingerprint density at radius 3 is 3.10 bits per heavy atom. The first-order valence-corrected chi connectivity index (χ1v) is 7.56. The van der Waals surface area contributed by atoms with E-state index in [-0.39, 0.29) is 11.5 Å². The van der Waals surface area contributed by atoms with Gasteiger partial charge in [-0.1, -0.05) is 6.42 Å². The quantitative estimate of drug-likeness (QED) is 0.902. The van der Waals surface area contributed by atoms with Crippen molar-refractivity contribution in [3.63, 3.8) is 0 Å². The predicted octanol–water partition coefficient (Wildman–Crippen LogP) is 1.79. The molecule has 3 unspecified atom stereocenters. The number of carbonyl (C=O) groups excluding carboxylic acids is 1. The molecule has 0 aromatic carbocycles. The van der Waals surface area contributed by atoms with E-state index in [1.807, 2.05) is 0 Å². The van der Waals surface area contributed by atoms with Crippen LogP contribution in [0.25, 0.3) is 5.65 Å². The number of hydrogen-bond donors (Lipinski definition) is 2. The summed E-state index contributed by atoms with van der Waals surface area (Å²) in [5, 5.41) is 5.55. The highest BCUT2D eigenvalue weighted by atomic mass is 16.2. The second-order valence-corrected chi connectivity index (χ2v) is 6.32. The number of anilines is 1. The number of hydrogen-bond acceptors (Lipinski definition) is 3. The molecule has 2 bridgehead atoms. The maximum Gasteiger partial charge on any atom is 0.274 e. The minimum Gasteiger partial charge on any atom is -0.310 e. The Morgan fingerprint density at radius 1 is 1.43 bits per heavy atom. The summed E-state index contributed by atoms with van der Waals surface area (Å²) in [6.45, 7) is 0. The summed E-state index contributed by atoms with van der Waals surface area (Å²) in [6.07, 6.45) is 7.29. The highest BCUT2D eigenvalue weighted by Crippen LogP contribution is 2.49. The van der Waals surface area contributed by atoms with Gasteiger partial charge in [-0.15, -0.1) is 0 Å². The average Bonchev–Trinajstić information content (AvgIpc) is 3.13. The van der Waals surface area contributed by atoms with Crippen molar-refractivity contribution < 1.29 is 4.79 Å². The Labute approximate surface area is 121 Å². The standard InChI is InChI=1S/C15H18N4O2/c20-14(7-11-6-9-1-2-10(11)5-9)18-12-8-15(21)19-13(17-12)3-4-16-19/h3-4,8-11,16H,1-2,5-7H2,(H,18,20). The van der Waals surface area contributed by atoms with E-state index in [1.165, 1.54) is 36.3 Å². The van der Waals surface area contributed by atoms with Gasteiger partial charge in [0, 0.05) is 24.8 Å². The van der Waals surface area contributed by atoms with Crippen LogP contribution in [0.3, 0.4) is 0 Å². The zero-order chi connectivity index (χ0) is 14.4. The van der Waals surface area contributed by atoms with Gasteiger partial charge in [-0.3, -0.25) is 14.7 Å². The van der Waals surface area contributed by atoms with Crippen molar-refractivity contribution in [3.05, 3.63) is 28.7 Å². The monoisotopic (exact) mass is 286 g/mol. The number of fused-ring (bicyclic) bond motifs is 3. The molecular weight excluding hydrogens is 268 g/mol. The molecule has 110 valence electrons. The van der Waals surface area contributed by atoms with Crippen molar-refractivity contribution in [1.82, 2.24) is 14.6 Å². The molecular formula is C15H18N4O2. The first kappa shape index (κ1) is 12.6. The zero-order valence-electron chi connectivity index (χ0n) is 11.7. The second kappa shape index (κ2) is 4.72. The van der Waals surface area contributed by atoms with Crippen LogP contribution in [0, 0.1) is 17.8 Å². The maximum atomic E-state index is 12.2. The largest absolute Gasteiger partial charge is 0.310 e. The molecule has 2 heterocycles. The number of nitrogens with zero attached hydrogens (tertiary/aromatic N) is 2. The van der Waals surface area contributed by atoms with E-state index in [1.54, 1.807) is 12.3 Å². The highest BCUT2D eigenvalue weighted by molar-refractivity contribution is 5.90.